The molecule has 3 aromatic carbocycles. The van der Waals surface area contributed by atoms with E-state index in [2.05, 4.69) is 4.98 Å². The molecule has 0 aliphatic carbocycles. The number of hydrogen-bond donors (Lipinski definition) is 0. The lowest BCUT2D eigenvalue weighted by molar-refractivity contribution is -0.384. The highest BCUT2D eigenvalue weighted by Crippen LogP contribution is 2.30. The third-order valence-corrected chi connectivity index (χ3v) is 5.49. The van der Waals surface area contributed by atoms with Gasteiger partial charge in [-0.15, -0.1) is 0 Å². The van der Waals surface area contributed by atoms with E-state index in [9.17, 15) is 14.9 Å². The molecule has 0 aliphatic rings. The number of aromatic nitrogens is 2. The number of ketones is 1. The quantitative estimate of drug-likeness (QED) is 0.125. The van der Waals surface area contributed by atoms with Crippen LogP contribution in [0, 0.1) is 10.1 Å². The highest BCUT2D eigenvalue weighted by Gasteiger charge is 2.12. The van der Waals surface area contributed by atoms with Crippen LogP contribution in [-0.4, -0.2) is 27.4 Å². The van der Waals surface area contributed by atoms with Gasteiger partial charge in [0.2, 0.25) is 0 Å². The Balaban J connectivity index is 1.46. The number of halogens is 1. The van der Waals surface area contributed by atoms with Gasteiger partial charge in [0.25, 0.3) is 5.69 Å². The van der Waals surface area contributed by atoms with Gasteiger partial charge in [-0.3, -0.25) is 14.9 Å². The largest absolute Gasteiger partial charge is 0.496 e. The van der Waals surface area contributed by atoms with E-state index in [-0.39, 0.29) is 23.1 Å². The number of allylic oxidation sites excluding steroid dienone is 1. The predicted octanol–water partition coefficient (Wildman–Crippen LogP) is 5.92. The summed E-state index contributed by atoms with van der Waals surface area (Å²) in [4.78, 5) is 27.0. The van der Waals surface area contributed by atoms with Crippen molar-refractivity contribution in [3.63, 3.8) is 0 Å². The van der Waals surface area contributed by atoms with E-state index in [1.54, 1.807) is 43.9 Å². The SMILES string of the molecule is COc1ccc(/C=C/C(=O)c2ccc(-n3ccnc3)cc2)cc1COc1ccc([N+](=O)[O-])cc1Cl. The number of ether oxygens (including phenoxy) is 2. The lowest BCUT2D eigenvalue weighted by Gasteiger charge is -2.12. The topological polar surface area (TPSA) is 96.5 Å². The van der Waals surface area contributed by atoms with E-state index < -0.39 is 4.92 Å². The van der Waals surface area contributed by atoms with E-state index in [0.29, 0.717) is 17.1 Å². The zero-order valence-electron chi connectivity index (χ0n) is 18.6. The van der Waals surface area contributed by atoms with Crippen molar-refractivity contribution in [2.75, 3.05) is 7.11 Å². The van der Waals surface area contributed by atoms with Gasteiger partial charge >= 0.3 is 0 Å². The van der Waals surface area contributed by atoms with Gasteiger partial charge in [0.15, 0.2) is 5.78 Å². The Morgan fingerprint density at radius 3 is 2.54 bits per heavy atom. The van der Waals surface area contributed by atoms with Gasteiger partial charge in [-0.1, -0.05) is 23.7 Å². The molecule has 0 saturated heterocycles. The Hall–Kier alpha value is -4.43. The number of benzene rings is 3. The third kappa shape index (κ3) is 5.74. The summed E-state index contributed by atoms with van der Waals surface area (Å²) in [6.45, 7) is 0.117. The van der Waals surface area contributed by atoms with Crippen molar-refractivity contribution in [2.24, 2.45) is 0 Å². The number of nitro benzene ring substituents is 1. The summed E-state index contributed by atoms with van der Waals surface area (Å²) in [7, 11) is 1.55. The molecule has 1 heterocycles. The minimum Gasteiger partial charge on any atom is -0.496 e. The van der Waals surface area contributed by atoms with Gasteiger partial charge in [0, 0.05) is 41.3 Å². The van der Waals surface area contributed by atoms with Crippen molar-refractivity contribution in [3.05, 3.63) is 117 Å². The van der Waals surface area contributed by atoms with Crippen molar-refractivity contribution >= 4 is 29.1 Å². The number of nitro groups is 1. The summed E-state index contributed by atoms with van der Waals surface area (Å²) < 4.78 is 13.0. The highest BCUT2D eigenvalue weighted by atomic mass is 35.5. The second-order valence-electron chi connectivity index (χ2n) is 7.45. The van der Waals surface area contributed by atoms with E-state index in [0.717, 1.165) is 16.8 Å². The maximum Gasteiger partial charge on any atom is 0.271 e. The molecule has 0 unspecified atom stereocenters. The molecule has 0 spiro atoms. The summed E-state index contributed by atoms with van der Waals surface area (Å²) in [5, 5.41) is 11.0. The summed E-state index contributed by atoms with van der Waals surface area (Å²) in [6.07, 6.45) is 8.44. The van der Waals surface area contributed by atoms with Gasteiger partial charge in [-0.25, -0.2) is 4.98 Å². The van der Waals surface area contributed by atoms with Crippen LogP contribution in [0.5, 0.6) is 11.5 Å². The first kappa shape index (κ1) is 23.7. The summed E-state index contributed by atoms with van der Waals surface area (Å²) in [5.74, 6) is 0.782. The number of non-ortho nitro benzene ring substituents is 1. The molecular formula is C26H20ClN3O5. The predicted molar refractivity (Wildman–Crippen MR) is 132 cm³/mol. The lowest BCUT2D eigenvalue weighted by atomic mass is 10.1. The van der Waals surface area contributed by atoms with Gasteiger partial charge in [0.1, 0.15) is 18.1 Å². The number of imidazole rings is 1. The highest BCUT2D eigenvalue weighted by molar-refractivity contribution is 6.32. The first-order chi connectivity index (χ1) is 16.9. The standard InChI is InChI=1S/C26H20ClN3O5/c1-34-25-10-3-18(14-20(25)16-35-26-11-8-22(30(32)33)15-23(26)27)2-9-24(31)19-4-6-21(7-5-19)29-13-12-28-17-29/h2-15,17H,16H2,1H3/b9-2+. The summed E-state index contributed by atoms with van der Waals surface area (Å²) in [5.41, 5.74) is 2.86. The Morgan fingerprint density at radius 2 is 1.89 bits per heavy atom. The van der Waals surface area contributed by atoms with Crippen LogP contribution in [0.1, 0.15) is 21.5 Å². The molecule has 0 bridgehead atoms. The molecular weight excluding hydrogens is 470 g/mol. The van der Waals surface area contributed by atoms with Crippen molar-refractivity contribution in [2.45, 2.75) is 6.61 Å². The Morgan fingerprint density at radius 1 is 1.11 bits per heavy atom. The molecule has 35 heavy (non-hydrogen) atoms. The molecule has 0 aliphatic heterocycles. The summed E-state index contributed by atoms with van der Waals surface area (Å²) >= 11 is 6.11. The molecule has 0 saturated carbocycles. The first-order valence-corrected chi connectivity index (χ1v) is 10.9. The zero-order chi connectivity index (χ0) is 24.8. The molecule has 0 fully saturated rings. The van der Waals surface area contributed by atoms with Crippen molar-refractivity contribution < 1.29 is 19.2 Å². The molecule has 0 atom stereocenters. The second kappa shape index (κ2) is 10.7. The fraction of sp³-hybridized carbons (Fsp3) is 0.0769. The number of hydrogen-bond acceptors (Lipinski definition) is 6. The van der Waals surface area contributed by atoms with E-state index in [1.807, 2.05) is 35.0 Å². The van der Waals surface area contributed by atoms with Crippen LogP contribution in [-0.2, 0) is 6.61 Å². The fourth-order valence-corrected chi connectivity index (χ4v) is 3.60. The first-order valence-electron chi connectivity index (χ1n) is 10.5. The average Bonchev–Trinajstić information content (AvgIpc) is 3.41. The molecule has 8 nitrogen and oxygen atoms in total. The van der Waals surface area contributed by atoms with Crippen LogP contribution < -0.4 is 9.47 Å². The van der Waals surface area contributed by atoms with Crippen LogP contribution in [0.4, 0.5) is 5.69 Å². The van der Waals surface area contributed by atoms with E-state index in [1.165, 1.54) is 24.3 Å². The number of methoxy groups -OCH3 is 1. The van der Waals surface area contributed by atoms with Crippen molar-refractivity contribution in [3.8, 4) is 17.2 Å². The van der Waals surface area contributed by atoms with Crippen LogP contribution in [0.25, 0.3) is 11.8 Å². The maximum atomic E-state index is 12.6. The molecule has 0 amide bonds. The van der Waals surface area contributed by atoms with Gasteiger partial charge in [-0.05, 0) is 54.1 Å². The molecule has 9 heteroatoms. The van der Waals surface area contributed by atoms with Crippen LogP contribution in [0.15, 0.2) is 85.5 Å². The monoisotopic (exact) mass is 489 g/mol. The Kier molecular flexibility index (Phi) is 7.23. The van der Waals surface area contributed by atoms with Crippen LogP contribution >= 0.6 is 11.6 Å². The molecule has 4 rings (SSSR count). The molecule has 1 aromatic heterocycles. The number of nitrogens with zero attached hydrogens (tertiary/aromatic N) is 3. The molecule has 4 aromatic rings. The van der Waals surface area contributed by atoms with Crippen LogP contribution in [0.2, 0.25) is 5.02 Å². The maximum absolute atomic E-state index is 12.6. The van der Waals surface area contributed by atoms with Crippen molar-refractivity contribution in [1.29, 1.82) is 0 Å². The fourth-order valence-electron chi connectivity index (χ4n) is 3.37. The van der Waals surface area contributed by atoms with Gasteiger partial charge in [-0.2, -0.15) is 0 Å². The molecule has 0 N–H and O–H groups in total. The number of rotatable bonds is 9. The van der Waals surface area contributed by atoms with Gasteiger partial charge < -0.3 is 14.0 Å². The summed E-state index contributed by atoms with van der Waals surface area (Å²) in [6, 6.07) is 16.7. The van der Waals surface area contributed by atoms with Crippen molar-refractivity contribution in [1.82, 2.24) is 9.55 Å². The minimum absolute atomic E-state index is 0.117. The Labute approximate surface area is 206 Å². The Bertz CT molecular complexity index is 1380. The zero-order valence-corrected chi connectivity index (χ0v) is 19.4. The lowest BCUT2D eigenvalue weighted by Crippen LogP contribution is -2.00. The average molecular weight is 490 g/mol. The molecule has 0 radical (unpaired) electrons. The normalized spacial score (nSPS) is 10.9. The van der Waals surface area contributed by atoms with Crippen LogP contribution in [0.3, 0.4) is 0 Å². The smallest absolute Gasteiger partial charge is 0.271 e. The molecule has 176 valence electrons. The third-order valence-electron chi connectivity index (χ3n) is 5.20. The van der Waals surface area contributed by atoms with E-state index in [4.69, 9.17) is 21.1 Å². The number of carbonyl (C=O) groups excluding carboxylic acids is 1. The minimum atomic E-state index is -0.524. The number of carbonyl (C=O) groups is 1. The van der Waals surface area contributed by atoms with Gasteiger partial charge in [0.05, 0.1) is 23.4 Å². The van der Waals surface area contributed by atoms with E-state index >= 15 is 0 Å². The second-order valence-corrected chi connectivity index (χ2v) is 7.85.